The second-order valence-electron chi connectivity index (χ2n) is 9.98. The van der Waals surface area contributed by atoms with Gasteiger partial charge in [-0.2, -0.15) is 26.3 Å². The fourth-order valence-corrected chi connectivity index (χ4v) is 4.61. The van der Waals surface area contributed by atoms with E-state index in [-0.39, 0.29) is 47.1 Å². The SMILES string of the molecule is CNC(=O)c1ccc(NCC#Cc2nc3c(N[C@@H]4CCN(C)C[C@@H]4F)cccn3c2CC(F)(F)F)c(OCC(F)(F)F)c1. The van der Waals surface area contributed by atoms with Crippen LogP contribution in [0, 0.1) is 11.8 Å². The molecule has 1 aliphatic heterocycles. The molecule has 1 amide bonds. The number of piperidine rings is 1. The highest BCUT2D eigenvalue weighted by Crippen LogP contribution is 2.30. The van der Waals surface area contributed by atoms with Crippen LogP contribution in [0.3, 0.4) is 0 Å². The summed E-state index contributed by atoms with van der Waals surface area (Å²) in [4.78, 5) is 18.1. The maximum atomic E-state index is 14.7. The van der Waals surface area contributed by atoms with E-state index in [1.54, 1.807) is 13.1 Å². The first-order valence-electron chi connectivity index (χ1n) is 13.2. The minimum Gasteiger partial charge on any atom is -0.482 e. The number of halogens is 7. The van der Waals surface area contributed by atoms with E-state index in [0.29, 0.717) is 18.7 Å². The molecule has 3 heterocycles. The first-order chi connectivity index (χ1) is 20.2. The molecule has 43 heavy (non-hydrogen) atoms. The van der Waals surface area contributed by atoms with Crippen molar-refractivity contribution in [2.75, 3.05) is 51.0 Å². The molecule has 0 spiro atoms. The quantitative estimate of drug-likeness (QED) is 0.253. The number of carbonyl (C=O) groups excluding carboxylic acids is 1. The van der Waals surface area contributed by atoms with Gasteiger partial charge in [-0.1, -0.05) is 5.92 Å². The Morgan fingerprint density at radius 1 is 1.14 bits per heavy atom. The summed E-state index contributed by atoms with van der Waals surface area (Å²) >= 11 is 0. The van der Waals surface area contributed by atoms with Gasteiger partial charge in [-0.25, -0.2) is 9.37 Å². The summed E-state index contributed by atoms with van der Waals surface area (Å²) in [5, 5.41) is 8.21. The van der Waals surface area contributed by atoms with Crippen LogP contribution in [0.15, 0.2) is 36.5 Å². The van der Waals surface area contributed by atoms with Crippen LogP contribution >= 0.6 is 0 Å². The van der Waals surface area contributed by atoms with E-state index in [9.17, 15) is 35.5 Å². The van der Waals surface area contributed by atoms with Gasteiger partial charge >= 0.3 is 12.4 Å². The van der Waals surface area contributed by atoms with Crippen LogP contribution in [0.5, 0.6) is 5.75 Å². The van der Waals surface area contributed by atoms with Crippen molar-refractivity contribution in [3.8, 4) is 17.6 Å². The fraction of sp³-hybridized carbons (Fsp3) is 0.429. The van der Waals surface area contributed by atoms with E-state index in [1.807, 2.05) is 4.90 Å². The van der Waals surface area contributed by atoms with Crippen molar-refractivity contribution >= 4 is 22.9 Å². The molecule has 3 N–H and O–H groups in total. The number of fused-ring (bicyclic) bond motifs is 1. The van der Waals surface area contributed by atoms with Gasteiger partial charge < -0.3 is 30.0 Å². The summed E-state index contributed by atoms with van der Waals surface area (Å²) in [6, 6.07) is 6.41. The molecule has 4 rings (SSSR count). The van der Waals surface area contributed by atoms with Crippen LogP contribution < -0.4 is 20.7 Å². The predicted molar refractivity (Wildman–Crippen MR) is 146 cm³/mol. The number of amides is 1. The standard InChI is InChI=1S/C28H29F7N6O2/c1-36-26(42)17-7-8-21(24(13-17)43-16-28(33,34)35)37-10-3-5-20-23(14-27(30,31)32)41-11-4-6-22(25(41)39-20)38-19-9-12-40(2)15-18(19)29/h4,6-8,11,13,18-19,37-38H,9-10,12,14-16H2,1-2H3,(H,36,42)/t18-,19+/m0/s1. The molecule has 3 aromatic rings. The molecule has 0 aliphatic carbocycles. The van der Waals surface area contributed by atoms with Crippen molar-refractivity contribution in [1.82, 2.24) is 19.6 Å². The van der Waals surface area contributed by atoms with Gasteiger partial charge in [-0.3, -0.25) is 4.79 Å². The highest BCUT2D eigenvalue weighted by atomic mass is 19.4. The molecule has 0 radical (unpaired) electrons. The molecular formula is C28H29F7N6O2. The maximum absolute atomic E-state index is 14.7. The van der Waals surface area contributed by atoms with Gasteiger partial charge in [0.1, 0.15) is 17.6 Å². The Bertz CT molecular complexity index is 1510. The number of anilines is 2. The average Bonchev–Trinajstić information content (AvgIpc) is 3.27. The number of benzene rings is 1. The number of nitrogens with zero attached hydrogens (tertiary/aromatic N) is 3. The Labute approximate surface area is 242 Å². The first-order valence-corrected chi connectivity index (χ1v) is 13.2. The van der Waals surface area contributed by atoms with E-state index in [2.05, 4.69) is 32.8 Å². The van der Waals surface area contributed by atoms with Crippen LogP contribution in [0.25, 0.3) is 5.65 Å². The molecule has 1 fully saturated rings. The molecule has 2 aromatic heterocycles. The summed E-state index contributed by atoms with van der Waals surface area (Å²) in [5.74, 6) is 4.46. The zero-order valence-electron chi connectivity index (χ0n) is 23.2. The molecule has 2 atom stereocenters. The van der Waals surface area contributed by atoms with Crippen LogP contribution in [-0.4, -0.2) is 85.1 Å². The Hall–Kier alpha value is -4.19. The minimum atomic E-state index is -4.63. The van der Waals surface area contributed by atoms with Crippen molar-refractivity contribution in [2.45, 2.75) is 37.4 Å². The molecule has 8 nitrogen and oxygen atoms in total. The number of alkyl halides is 7. The van der Waals surface area contributed by atoms with Crippen molar-refractivity contribution in [3.05, 3.63) is 53.5 Å². The van der Waals surface area contributed by atoms with E-state index >= 15 is 0 Å². The third-order valence-corrected chi connectivity index (χ3v) is 6.64. The topological polar surface area (TPSA) is 82.9 Å². The molecule has 1 saturated heterocycles. The number of nitrogens with one attached hydrogen (secondary N) is 3. The molecule has 15 heteroatoms. The summed E-state index contributed by atoms with van der Waals surface area (Å²) < 4.78 is 99.6. The van der Waals surface area contributed by atoms with Crippen molar-refractivity contribution in [3.63, 3.8) is 0 Å². The molecular weight excluding hydrogens is 585 g/mol. The summed E-state index contributed by atoms with van der Waals surface area (Å²) in [5.41, 5.74) is 0.276. The lowest BCUT2D eigenvalue weighted by atomic mass is 10.0. The van der Waals surface area contributed by atoms with Crippen LogP contribution in [0.4, 0.5) is 42.1 Å². The molecule has 0 bridgehead atoms. The van der Waals surface area contributed by atoms with Crippen molar-refractivity contribution in [1.29, 1.82) is 0 Å². The molecule has 0 unspecified atom stereocenters. The average molecular weight is 615 g/mol. The van der Waals surface area contributed by atoms with Gasteiger partial charge in [0, 0.05) is 31.9 Å². The summed E-state index contributed by atoms with van der Waals surface area (Å²) in [6.07, 6.45) is -9.83. The zero-order chi connectivity index (χ0) is 31.4. The number of carbonyl (C=O) groups is 1. The number of aromatic nitrogens is 2. The predicted octanol–water partition coefficient (Wildman–Crippen LogP) is 4.66. The lowest BCUT2D eigenvalue weighted by Gasteiger charge is -2.33. The van der Waals surface area contributed by atoms with Gasteiger partial charge in [0.2, 0.25) is 0 Å². The van der Waals surface area contributed by atoms with Gasteiger partial charge in [0.05, 0.1) is 36.1 Å². The zero-order valence-corrected chi connectivity index (χ0v) is 23.2. The summed E-state index contributed by atoms with van der Waals surface area (Å²) in [7, 11) is 3.16. The van der Waals surface area contributed by atoms with Gasteiger partial charge in [-0.05, 0) is 49.7 Å². The van der Waals surface area contributed by atoms with Gasteiger partial charge in [0.25, 0.3) is 5.91 Å². The number of likely N-dealkylation sites (tertiary alicyclic amines) is 1. The van der Waals surface area contributed by atoms with E-state index in [1.165, 1.54) is 35.8 Å². The van der Waals surface area contributed by atoms with E-state index < -0.39 is 43.5 Å². The number of imidazole rings is 1. The van der Waals surface area contributed by atoms with Gasteiger partial charge in [-0.15, -0.1) is 0 Å². The van der Waals surface area contributed by atoms with Crippen molar-refractivity contribution < 1.29 is 40.3 Å². The highest BCUT2D eigenvalue weighted by molar-refractivity contribution is 5.95. The second kappa shape index (κ2) is 13.0. The molecule has 0 saturated carbocycles. The largest absolute Gasteiger partial charge is 0.482 e. The molecule has 1 aliphatic rings. The van der Waals surface area contributed by atoms with Crippen molar-refractivity contribution in [2.24, 2.45) is 0 Å². The second-order valence-corrected chi connectivity index (χ2v) is 9.98. The number of pyridine rings is 1. The van der Waals surface area contributed by atoms with Crippen LogP contribution in [0.2, 0.25) is 0 Å². The highest BCUT2D eigenvalue weighted by Gasteiger charge is 2.33. The summed E-state index contributed by atoms with van der Waals surface area (Å²) in [6.45, 7) is -0.944. The van der Waals surface area contributed by atoms with E-state index in [4.69, 9.17) is 4.74 Å². The Morgan fingerprint density at radius 2 is 1.91 bits per heavy atom. The minimum absolute atomic E-state index is 0.0570. The van der Waals surface area contributed by atoms with Gasteiger partial charge in [0.15, 0.2) is 12.3 Å². The number of hydrogen-bond donors (Lipinski definition) is 3. The third kappa shape index (κ3) is 8.44. The van der Waals surface area contributed by atoms with Crippen LogP contribution in [0.1, 0.15) is 28.2 Å². The number of hydrogen-bond acceptors (Lipinski definition) is 6. The molecule has 1 aromatic carbocycles. The lowest BCUT2D eigenvalue weighted by molar-refractivity contribution is -0.153. The number of ether oxygens (including phenoxy) is 1. The normalized spacial score (nSPS) is 17.7. The third-order valence-electron chi connectivity index (χ3n) is 6.64. The van der Waals surface area contributed by atoms with E-state index in [0.717, 1.165) is 6.07 Å². The maximum Gasteiger partial charge on any atom is 0.422 e. The smallest absolute Gasteiger partial charge is 0.422 e. The fourth-order valence-electron chi connectivity index (χ4n) is 4.61. The molecule has 232 valence electrons. The number of rotatable bonds is 8. The lowest BCUT2D eigenvalue weighted by Crippen LogP contribution is -2.46. The van der Waals surface area contributed by atoms with Crippen LogP contribution in [-0.2, 0) is 6.42 Å². The Balaban J connectivity index is 1.60. The Kier molecular flexibility index (Phi) is 9.59. The Morgan fingerprint density at radius 3 is 2.58 bits per heavy atom. The monoisotopic (exact) mass is 614 g/mol. The first kappa shape index (κ1) is 31.7.